The van der Waals surface area contributed by atoms with E-state index in [1.54, 1.807) is 25.6 Å². The van der Waals surface area contributed by atoms with Crippen LogP contribution in [0.1, 0.15) is 48.5 Å². The molecule has 5 nitrogen and oxygen atoms in total. The van der Waals surface area contributed by atoms with Gasteiger partial charge in [0, 0.05) is 45.8 Å². The van der Waals surface area contributed by atoms with Crippen molar-refractivity contribution in [2.24, 2.45) is 0 Å². The van der Waals surface area contributed by atoms with Gasteiger partial charge in [-0.05, 0) is 58.2 Å². The van der Waals surface area contributed by atoms with Crippen LogP contribution in [-0.2, 0) is 14.8 Å². The molecule has 0 unspecified atom stereocenters. The van der Waals surface area contributed by atoms with Crippen molar-refractivity contribution in [3.63, 3.8) is 0 Å². The largest absolute Gasteiger partial charge is 0.498 e. The molecule has 0 saturated carbocycles. The van der Waals surface area contributed by atoms with Crippen LogP contribution in [0.4, 0.5) is 0 Å². The highest BCUT2D eigenvalue weighted by atomic mass is 127. The van der Waals surface area contributed by atoms with E-state index >= 15 is 0 Å². The summed E-state index contributed by atoms with van der Waals surface area (Å²) in [6, 6.07) is 27.1. The van der Waals surface area contributed by atoms with Crippen molar-refractivity contribution >= 4 is 40.3 Å². The van der Waals surface area contributed by atoms with Gasteiger partial charge < -0.3 is 4.74 Å². The molecule has 2 heterocycles. The number of sulfonamides is 1. The summed E-state index contributed by atoms with van der Waals surface area (Å²) in [5.41, 5.74) is 4.18. The van der Waals surface area contributed by atoms with Gasteiger partial charge in [0.05, 0.1) is 29.3 Å². The summed E-state index contributed by atoms with van der Waals surface area (Å²) in [7, 11) is -2.13. The summed E-state index contributed by atoms with van der Waals surface area (Å²) in [5.74, 6) is 0.930. The maximum Gasteiger partial charge on any atom is 0.244 e. The van der Waals surface area contributed by atoms with Crippen molar-refractivity contribution < 1.29 is 13.2 Å². The van der Waals surface area contributed by atoms with Gasteiger partial charge in [-0.2, -0.15) is 4.31 Å². The number of piperidine rings is 1. The van der Waals surface area contributed by atoms with Crippen molar-refractivity contribution in [1.29, 1.82) is 0 Å². The standard InChI is InChI=1S/C29H31IN2O3S2/c1-3-35-29-19-27(23-14-8-5-9-15-23)32(37(33,34)24-16-10-11-21(2)17-24)28-18-26(22-12-6-4-7-13-22)31(36-30)20-25(28)29/h4-17,26-28H,3,18-20H2,1-2H3/t26-,27-,28-/m0/s1. The molecule has 0 N–H and O–H groups in total. The Morgan fingerprint density at radius 2 is 1.57 bits per heavy atom. The molecule has 0 amide bonds. The zero-order chi connectivity index (χ0) is 26.0. The van der Waals surface area contributed by atoms with Crippen LogP contribution < -0.4 is 0 Å². The van der Waals surface area contributed by atoms with E-state index in [1.807, 2.05) is 62.4 Å². The Kier molecular flexibility index (Phi) is 8.31. The number of hydrogen-bond acceptors (Lipinski definition) is 5. The highest BCUT2D eigenvalue weighted by Crippen LogP contribution is 2.50. The lowest BCUT2D eigenvalue weighted by Crippen LogP contribution is -2.52. The van der Waals surface area contributed by atoms with Crippen molar-refractivity contribution in [2.45, 2.75) is 49.7 Å². The average Bonchev–Trinajstić information content (AvgIpc) is 2.93. The molecule has 194 valence electrons. The molecule has 3 aromatic carbocycles. The van der Waals surface area contributed by atoms with Crippen LogP contribution in [-0.4, -0.2) is 36.2 Å². The fourth-order valence-electron chi connectivity index (χ4n) is 5.55. The molecule has 5 rings (SSSR count). The molecule has 0 spiro atoms. The Labute approximate surface area is 236 Å². The van der Waals surface area contributed by atoms with Crippen LogP contribution in [0.5, 0.6) is 0 Å². The Hall–Kier alpha value is -1.85. The molecular formula is C29H31IN2O3S2. The van der Waals surface area contributed by atoms with Crippen molar-refractivity contribution in [2.75, 3.05) is 13.2 Å². The summed E-state index contributed by atoms with van der Waals surface area (Å²) in [5, 5.41) is 0. The zero-order valence-corrected chi connectivity index (χ0v) is 24.7. The molecule has 0 aromatic heterocycles. The Morgan fingerprint density at radius 3 is 2.16 bits per heavy atom. The molecule has 0 radical (unpaired) electrons. The van der Waals surface area contributed by atoms with E-state index in [9.17, 15) is 8.42 Å². The number of nitrogens with zero attached hydrogens (tertiary/aromatic N) is 2. The first-order chi connectivity index (χ1) is 17.9. The van der Waals surface area contributed by atoms with Crippen LogP contribution in [0, 0.1) is 6.92 Å². The number of aryl methyl sites for hydroxylation is 1. The second-order valence-electron chi connectivity index (χ2n) is 9.49. The Balaban J connectivity index is 1.69. The second-order valence-corrected chi connectivity index (χ2v) is 13.1. The van der Waals surface area contributed by atoms with Crippen LogP contribution in [0.25, 0.3) is 0 Å². The highest BCUT2D eigenvalue weighted by Gasteiger charge is 2.49. The minimum Gasteiger partial charge on any atom is -0.498 e. The zero-order valence-electron chi connectivity index (χ0n) is 21.0. The molecule has 8 heteroatoms. The fourth-order valence-corrected chi connectivity index (χ4v) is 9.19. The normalized spacial score (nSPS) is 23.1. The number of halogens is 1. The maximum atomic E-state index is 14.5. The smallest absolute Gasteiger partial charge is 0.244 e. The SMILES string of the molecule is CCOC1=C2CN(SI)[C@H](c3ccccc3)C[C@@H]2N(S(=O)(=O)c2cccc(C)c2)[C@H](c2ccccc2)C1. The van der Waals surface area contributed by atoms with Gasteiger partial charge >= 0.3 is 0 Å². The fraction of sp³-hybridized carbons (Fsp3) is 0.310. The Morgan fingerprint density at radius 1 is 0.919 bits per heavy atom. The number of rotatable bonds is 7. The molecule has 2 aliphatic heterocycles. The highest BCUT2D eigenvalue weighted by molar-refractivity contribution is 14.2. The number of hydrogen-bond donors (Lipinski definition) is 0. The molecule has 3 atom stereocenters. The molecule has 0 aliphatic carbocycles. The molecule has 1 fully saturated rings. The lowest BCUT2D eigenvalue weighted by Gasteiger charge is -2.49. The van der Waals surface area contributed by atoms with Crippen molar-refractivity contribution in [1.82, 2.24) is 8.61 Å². The van der Waals surface area contributed by atoms with E-state index in [0.717, 1.165) is 22.5 Å². The third kappa shape index (κ3) is 5.36. The first-order valence-corrected chi connectivity index (χ1v) is 17.3. The summed E-state index contributed by atoms with van der Waals surface area (Å²) < 4.78 is 39.3. The average molecular weight is 647 g/mol. The van der Waals surface area contributed by atoms with Crippen molar-refractivity contribution in [3.8, 4) is 0 Å². The van der Waals surface area contributed by atoms with Crippen LogP contribution in [0.3, 0.4) is 0 Å². The third-order valence-electron chi connectivity index (χ3n) is 7.21. The van der Waals surface area contributed by atoms with Gasteiger partial charge in [0.2, 0.25) is 10.0 Å². The summed E-state index contributed by atoms with van der Waals surface area (Å²) in [6.07, 6.45) is 1.17. The predicted octanol–water partition coefficient (Wildman–Crippen LogP) is 7.24. The maximum absolute atomic E-state index is 14.5. The lowest BCUT2D eigenvalue weighted by atomic mass is 9.84. The molecule has 2 aliphatic rings. The first-order valence-electron chi connectivity index (χ1n) is 12.5. The second kappa shape index (κ2) is 11.5. The Bertz CT molecular complexity index is 1370. The van der Waals surface area contributed by atoms with Crippen LogP contribution >= 0.6 is 30.3 Å². The summed E-state index contributed by atoms with van der Waals surface area (Å²) in [6.45, 7) is 5.13. The van der Waals surface area contributed by atoms with Gasteiger partial charge in [-0.1, -0.05) is 72.8 Å². The van der Waals surface area contributed by atoms with Crippen LogP contribution in [0.15, 0.2) is 101 Å². The lowest BCUT2D eigenvalue weighted by molar-refractivity contribution is 0.121. The number of fused-ring (bicyclic) bond motifs is 1. The van der Waals surface area contributed by atoms with Gasteiger partial charge in [-0.15, -0.1) is 0 Å². The van der Waals surface area contributed by atoms with E-state index in [2.05, 4.69) is 49.8 Å². The van der Waals surface area contributed by atoms with Gasteiger partial charge in [-0.25, -0.2) is 12.7 Å². The van der Waals surface area contributed by atoms with E-state index in [4.69, 9.17) is 4.74 Å². The topological polar surface area (TPSA) is 49.9 Å². The van der Waals surface area contributed by atoms with E-state index in [1.165, 1.54) is 5.56 Å². The van der Waals surface area contributed by atoms with Gasteiger partial charge in [-0.3, -0.25) is 0 Å². The molecule has 1 saturated heterocycles. The molecule has 37 heavy (non-hydrogen) atoms. The van der Waals surface area contributed by atoms with Crippen molar-refractivity contribution in [3.05, 3.63) is 113 Å². The summed E-state index contributed by atoms with van der Waals surface area (Å²) >= 11 is 2.34. The third-order valence-corrected chi connectivity index (χ3v) is 11.2. The van der Waals surface area contributed by atoms with Gasteiger partial charge in [0.1, 0.15) is 0 Å². The van der Waals surface area contributed by atoms with E-state index in [0.29, 0.717) is 30.9 Å². The molecule has 0 bridgehead atoms. The first kappa shape index (κ1) is 26.7. The number of benzene rings is 3. The monoisotopic (exact) mass is 646 g/mol. The minimum absolute atomic E-state index is 0.0736. The van der Waals surface area contributed by atoms with E-state index < -0.39 is 10.0 Å². The minimum atomic E-state index is -3.80. The summed E-state index contributed by atoms with van der Waals surface area (Å²) in [4.78, 5) is 0.342. The van der Waals surface area contributed by atoms with E-state index in [-0.39, 0.29) is 18.1 Å². The van der Waals surface area contributed by atoms with Gasteiger partial charge in [0.25, 0.3) is 0 Å². The van der Waals surface area contributed by atoms with Crippen LogP contribution in [0.2, 0.25) is 0 Å². The van der Waals surface area contributed by atoms with Gasteiger partial charge in [0.15, 0.2) is 0 Å². The quantitative estimate of drug-likeness (QED) is 0.200. The molecular weight excluding hydrogens is 615 g/mol. The molecule has 3 aromatic rings. The predicted molar refractivity (Wildman–Crippen MR) is 159 cm³/mol. The number of ether oxygens (including phenoxy) is 1.